The van der Waals surface area contributed by atoms with Crippen molar-refractivity contribution in [3.63, 3.8) is 0 Å². The number of carbonyl (C=O) groups excluding carboxylic acids is 1. The molecule has 0 saturated heterocycles. The fourth-order valence-electron chi connectivity index (χ4n) is 2.81. The van der Waals surface area contributed by atoms with Gasteiger partial charge in [-0.2, -0.15) is 4.72 Å². The van der Waals surface area contributed by atoms with Crippen LogP contribution in [-0.4, -0.2) is 20.4 Å². The van der Waals surface area contributed by atoms with Crippen molar-refractivity contribution in [2.24, 2.45) is 0 Å². The molecule has 2 N–H and O–H groups in total. The molecular formula is C22H20BrClN2O3S. The Balaban J connectivity index is 1.86. The molecule has 0 unspecified atom stereocenters. The average molecular weight is 508 g/mol. The number of hydrogen-bond donors (Lipinski definition) is 2. The summed E-state index contributed by atoms with van der Waals surface area (Å²) in [5, 5.41) is 3.27. The molecule has 0 aliphatic carbocycles. The molecule has 0 fully saturated rings. The quantitative estimate of drug-likeness (QED) is 0.476. The lowest BCUT2D eigenvalue weighted by atomic mass is 10.1. The fourth-order valence-corrected chi connectivity index (χ4v) is 4.45. The Labute approximate surface area is 189 Å². The first kappa shape index (κ1) is 22.5. The van der Waals surface area contributed by atoms with Gasteiger partial charge in [-0.1, -0.05) is 63.9 Å². The maximum Gasteiger partial charge on any atom is 0.242 e. The number of rotatable bonds is 7. The highest BCUT2D eigenvalue weighted by atomic mass is 79.9. The molecule has 3 aromatic rings. The van der Waals surface area contributed by atoms with E-state index >= 15 is 0 Å². The van der Waals surface area contributed by atoms with Gasteiger partial charge in [0, 0.05) is 15.2 Å². The van der Waals surface area contributed by atoms with E-state index in [0.29, 0.717) is 10.7 Å². The summed E-state index contributed by atoms with van der Waals surface area (Å²) >= 11 is 9.43. The lowest BCUT2D eigenvalue weighted by molar-refractivity contribution is -0.117. The molecule has 1 amide bonds. The molecule has 0 bridgehead atoms. The van der Waals surface area contributed by atoms with Gasteiger partial charge in [-0.05, 0) is 60.9 Å². The fraction of sp³-hybridized carbons (Fsp3) is 0.136. The Bertz CT molecular complexity index is 1140. The highest BCUT2D eigenvalue weighted by molar-refractivity contribution is 9.10. The molecule has 0 radical (unpaired) electrons. The third-order valence-corrected chi connectivity index (χ3v) is 6.88. The molecule has 30 heavy (non-hydrogen) atoms. The minimum absolute atomic E-state index is 0.0787. The van der Waals surface area contributed by atoms with Crippen molar-refractivity contribution >= 4 is 49.1 Å². The Morgan fingerprint density at radius 3 is 2.33 bits per heavy atom. The van der Waals surface area contributed by atoms with Crippen molar-refractivity contribution in [1.29, 1.82) is 0 Å². The normalized spacial score (nSPS) is 12.4. The van der Waals surface area contributed by atoms with E-state index in [1.165, 1.54) is 12.1 Å². The van der Waals surface area contributed by atoms with E-state index in [2.05, 4.69) is 26.0 Å². The molecule has 5 nitrogen and oxygen atoms in total. The van der Waals surface area contributed by atoms with Crippen LogP contribution in [0.4, 0.5) is 5.69 Å². The Morgan fingerprint density at radius 2 is 1.70 bits per heavy atom. The lowest BCUT2D eigenvalue weighted by Crippen LogP contribution is -2.45. The van der Waals surface area contributed by atoms with Gasteiger partial charge in [-0.25, -0.2) is 8.42 Å². The summed E-state index contributed by atoms with van der Waals surface area (Å²) < 4.78 is 29.0. The number of amides is 1. The van der Waals surface area contributed by atoms with Crippen LogP contribution >= 0.6 is 27.5 Å². The molecule has 0 aliphatic heterocycles. The summed E-state index contributed by atoms with van der Waals surface area (Å²) in [7, 11) is -3.91. The first-order valence-corrected chi connectivity index (χ1v) is 11.8. The average Bonchev–Trinajstić information content (AvgIpc) is 2.71. The van der Waals surface area contributed by atoms with Gasteiger partial charge < -0.3 is 5.32 Å². The Hall–Kier alpha value is -2.19. The first-order valence-electron chi connectivity index (χ1n) is 9.13. The van der Waals surface area contributed by atoms with Crippen molar-refractivity contribution in [3.05, 3.63) is 93.4 Å². The molecule has 3 aromatic carbocycles. The van der Waals surface area contributed by atoms with E-state index in [9.17, 15) is 13.2 Å². The van der Waals surface area contributed by atoms with Crippen molar-refractivity contribution in [1.82, 2.24) is 4.72 Å². The van der Waals surface area contributed by atoms with Gasteiger partial charge in [0.25, 0.3) is 0 Å². The van der Waals surface area contributed by atoms with Crippen LogP contribution in [0.15, 0.2) is 82.2 Å². The second-order valence-corrected chi connectivity index (χ2v) is 9.81. The summed E-state index contributed by atoms with van der Waals surface area (Å²) in [5.41, 5.74) is 2.21. The maximum absolute atomic E-state index is 13.0. The molecular weight excluding hydrogens is 488 g/mol. The predicted octanol–water partition coefficient (Wildman–Crippen LogP) is 4.94. The topological polar surface area (TPSA) is 75.3 Å². The summed E-state index contributed by atoms with van der Waals surface area (Å²) in [6, 6.07) is 19.6. The first-order chi connectivity index (χ1) is 14.2. The summed E-state index contributed by atoms with van der Waals surface area (Å²) in [6.07, 6.45) is 0.196. The van der Waals surface area contributed by atoms with E-state index in [1.807, 2.05) is 37.3 Å². The van der Waals surface area contributed by atoms with Crippen LogP contribution in [0.5, 0.6) is 0 Å². The molecule has 3 rings (SSSR count). The van der Waals surface area contributed by atoms with Gasteiger partial charge in [0.2, 0.25) is 15.9 Å². The van der Waals surface area contributed by atoms with Crippen molar-refractivity contribution < 1.29 is 13.2 Å². The molecule has 1 atom stereocenters. The van der Waals surface area contributed by atoms with Crippen LogP contribution in [0.25, 0.3) is 0 Å². The summed E-state index contributed by atoms with van der Waals surface area (Å²) in [5.74, 6) is -0.473. The van der Waals surface area contributed by atoms with Crippen molar-refractivity contribution in [2.45, 2.75) is 24.3 Å². The largest absolute Gasteiger partial charge is 0.325 e. The molecule has 156 valence electrons. The number of benzene rings is 3. The van der Waals surface area contributed by atoms with E-state index < -0.39 is 22.0 Å². The third kappa shape index (κ3) is 5.92. The van der Waals surface area contributed by atoms with Crippen LogP contribution in [-0.2, 0) is 21.2 Å². The van der Waals surface area contributed by atoms with Crippen LogP contribution < -0.4 is 10.0 Å². The number of nitrogens with one attached hydrogen (secondary N) is 2. The zero-order valence-corrected chi connectivity index (χ0v) is 19.3. The molecule has 0 aromatic heterocycles. The number of halogens is 2. The van der Waals surface area contributed by atoms with Crippen LogP contribution in [0.2, 0.25) is 5.02 Å². The Morgan fingerprint density at radius 1 is 1.03 bits per heavy atom. The number of sulfonamides is 1. The third-order valence-electron chi connectivity index (χ3n) is 4.46. The van der Waals surface area contributed by atoms with Gasteiger partial charge in [0.1, 0.15) is 6.04 Å². The van der Waals surface area contributed by atoms with E-state index in [0.717, 1.165) is 15.6 Å². The van der Waals surface area contributed by atoms with Crippen molar-refractivity contribution in [2.75, 3.05) is 5.32 Å². The highest BCUT2D eigenvalue weighted by Crippen LogP contribution is 2.21. The predicted molar refractivity (Wildman–Crippen MR) is 123 cm³/mol. The monoisotopic (exact) mass is 506 g/mol. The standard InChI is InChI=1S/C22H20BrClN2O3S/c1-15-7-10-18(14-20(15)24)25-22(27)21(13-16-5-3-2-4-6-16)26-30(28,29)19-11-8-17(23)9-12-19/h2-12,14,21,26H,13H2,1H3,(H,25,27)/t21-/m1/s1. The number of aryl methyl sites for hydroxylation is 1. The second-order valence-electron chi connectivity index (χ2n) is 6.77. The van der Waals surface area contributed by atoms with E-state index in [1.54, 1.807) is 30.3 Å². The molecule has 0 aliphatic rings. The lowest BCUT2D eigenvalue weighted by Gasteiger charge is -2.19. The van der Waals surface area contributed by atoms with E-state index in [4.69, 9.17) is 11.6 Å². The van der Waals surface area contributed by atoms with Crippen molar-refractivity contribution in [3.8, 4) is 0 Å². The molecule has 0 heterocycles. The summed E-state index contributed by atoms with van der Waals surface area (Å²) in [4.78, 5) is 13.1. The number of hydrogen-bond acceptors (Lipinski definition) is 3. The minimum atomic E-state index is -3.91. The van der Waals surface area contributed by atoms with Crippen LogP contribution in [0, 0.1) is 6.92 Å². The van der Waals surface area contributed by atoms with Crippen LogP contribution in [0.1, 0.15) is 11.1 Å². The number of anilines is 1. The van der Waals surface area contributed by atoms with Gasteiger partial charge in [-0.15, -0.1) is 0 Å². The number of carbonyl (C=O) groups is 1. The van der Waals surface area contributed by atoms with Gasteiger partial charge in [0.15, 0.2) is 0 Å². The molecule has 8 heteroatoms. The van der Waals surface area contributed by atoms with Gasteiger partial charge in [0.05, 0.1) is 4.90 Å². The van der Waals surface area contributed by atoms with E-state index in [-0.39, 0.29) is 11.3 Å². The second kappa shape index (κ2) is 9.75. The SMILES string of the molecule is Cc1ccc(NC(=O)[C@@H](Cc2ccccc2)NS(=O)(=O)c2ccc(Br)cc2)cc1Cl. The maximum atomic E-state index is 13.0. The summed E-state index contributed by atoms with van der Waals surface area (Å²) in [6.45, 7) is 1.86. The molecule has 0 saturated carbocycles. The van der Waals surface area contributed by atoms with Crippen LogP contribution in [0.3, 0.4) is 0 Å². The smallest absolute Gasteiger partial charge is 0.242 e. The Kier molecular flexibility index (Phi) is 7.31. The molecule has 0 spiro atoms. The van der Waals surface area contributed by atoms with Gasteiger partial charge >= 0.3 is 0 Å². The van der Waals surface area contributed by atoms with Gasteiger partial charge in [-0.3, -0.25) is 4.79 Å². The minimum Gasteiger partial charge on any atom is -0.325 e. The zero-order chi connectivity index (χ0) is 21.7. The zero-order valence-electron chi connectivity index (χ0n) is 16.1. The highest BCUT2D eigenvalue weighted by Gasteiger charge is 2.26.